The van der Waals surface area contributed by atoms with E-state index in [1.54, 1.807) is 10.9 Å². The number of aliphatic hydroxyl groups is 1. The van der Waals surface area contributed by atoms with E-state index in [-0.39, 0.29) is 12.6 Å². The van der Waals surface area contributed by atoms with Gasteiger partial charge in [-0.3, -0.25) is 4.68 Å². The molecule has 0 spiro atoms. The van der Waals surface area contributed by atoms with E-state index >= 15 is 0 Å². The van der Waals surface area contributed by atoms with Gasteiger partial charge >= 0.3 is 6.03 Å². The van der Waals surface area contributed by atoms with Crippen LogP contribution in [0.25, 0.3) is 0 Å². The van der Waals surface area contributed by atoms with E-state index in [0.717, 1.165) is 16.7 Å². The van der Waals surface area contributed by atoms with Gasteiger partial charge in [0.2, 0.25) is 0 Å². The summed E-state index contributed by atoms with van der Waals surface area (Å²) >= 11 is 0. The first kappa shape index (κ1) is 14.1. The summed E-state index contributed by atoms with van der Waals surface area (Å²) in [5.41, 5.74) is 2.67. The highest BCUT2D eigenvalue weighted by atomic mass is 16.3. The van der Waals surface area contributed by atoms with Crippen LogP contribution in [0.15, 0.2) is 36.7 Å². The molecule has 0 aliphatic rings. The minimum absolute atomic E-state index is 0.0326. The molecule has 20 heavy (non-hydrogen) atoms. The van der Waals surface area contributed by atoms with Crippen molar-refractivity contribution in [2.45, 2.75) is 19.7 Å². The Bertz CT molecular complexity index is 580. The Morgan fingerprint density at radius 3 is 2.60 bits per heavy atom. The van der Waals surface area contributed by atoms with Crippen LogP contribution >= 0.6 is 0 Å². The number of nitrogens with one attached hydrogen (secondary N) is 2. The lowest BCUT2D eigenvalue weighted by Gasteiger charge is -2.09. The van der Waals surface area contributed by atoms with Crippen molar-refractivity contribution in [3.05, 3.63) is 53.3 Å². The quantitative estimate of drug-likeness (QED) is 0.758. The van der Waals surface area contributed by atoms with Crippen LogP contribution in [-0.4, -0.2) is 20.9 Å². The Kier molecular flexibility index (Phi) is 4.73. The van der Waals surface area contributed by atoms with Crippen LogP contribution in [0.1, 0.15) is 16.7 Å². The molecular weight excluding hydrogens is 256 g/mol. The monoisotopic (exact) mass is 274 g/mol. The van der Waals surface area contributed by atoms with Crippen molar-refractivity contribution in [1.29, 1.82) is 0 Å². The predicted molar refractivity (Wildman–Crippen MR) is 74.6 cm³/mol. The van der Waals surface area contributed by atoms with Gasteiger partial charge in [-0.25, -0.2) is 4.79 Å². The Balaban J connectivity index is 1.80. The molecule has 1 heterocycles. The van der Waals surface area contributed by atoms with Crippen LogP contribution in [0.5, 0.6) is 0 Å². The van der Waals surface area contributed by atoms with Gasteiger partial charge in [-0.2, -0.15) is 5.10 Å². The molecule has 0 bridgehead atoms. The largest absolute Gasteiger partial charge is 0.392 e. The maximum atomic E-state index is 11.7. The number of aromatic nitrogens is 2. The topological polar surface area (TPSA) is 79.2 Å². The fourth-order valence-corrected chi connectivity index (χ4v) is 1.87. The molecule has 2 amide bonds. The normalized spacial score (nSPS) is 10.3. The Morgan fingerprint density at radius 2 is 1.95 bits per heavy atom. The fourth-order valence-electron chi connectivity index (χ4n) is 1.87. The first-order chi connectivity index (χ1) is 9.69. The first-order valence-electron chi connectivity index (χ1n) is 6.36. The SMILES string of the molecule is Cn1cc(CNC(=O)NCc2ccccc2CO)cn1. The number of hydrogen-bond acceptors (Lipinski definition) is 3. The van der Waals surface area contributed by atoms with Crippen molar-refractivity contribution >= 4 is 6.03 Å². The average molecular weight is 274 g/mol. The number of carbonyl (C=O) groups excluding carboxylic acids is 1. The number of amides is 2. The Hall–Kier alpha value is -2.34. The molecule has 6 heteroatoms. The van der Waals surface area contributed by atoms with Crippen LogP contribution in [-0.2, 0) is 26.7 Å². The summed E-state index contributed by atoms with van der Waals surface area (Å²) in [5, 5.41) is 18.7. The van der Waals surface area contributed by atoms with Gasteiger partial charge in [-0.05, 0) is 11.1 Å². The molecule has 3 N–H and O–H groups in total. The molecular formula is C14H18N4O2. The van der Waals surface area contributed by atoms with Crippen molar-refractivity contribution in [3.8, 4) is 0 Å². The summed E-state index contributed by atoms with van der Waals surface area (Å²) in [4.78, 5) is 11.7. The van der Waals surface area contributed by atoms with E-state index < -0.39 is 0 Å². The van der Waals surface area contributed by atoms with Gasteiger partial charge in [0.1, 0.15) is 0 Å². The molecule has 0 saturated heterocycles. The highest BCUT2D eigenvalue weighted by Crippen LogP contribution is 2.07. The minimum atomic E-state index is -0.249. The van der Waals surface area contributed by atoms with E-state index in [0.29, 0.717) is 13.1 Å². The standard InChI is InChI=1S/C14H18N4O2/c1-18-9-11(7-17-18)6-15-14(20)16-8-12-4-2-3-5-13(12)10-19/h2-5,7,9,19H,6,8,10H2,1H3,(H2,15,16,20). The van der Waals surface area contributed by atoms with Gasteiger partial charge in [0.15, 0.2) is 0 Å². The molecule has 0 fully saturated rings. The molecule has 1 aromatic carbocycles. The molecule has 1 aromatic heterocycles. The summed E-state index contributed by atoms with van der Waals surface area (Å²) in [7, 11) is 1.83. The Labute approximate surface area is 117 Å². The fraction of sp³-hybridized carbons (Fsp3) is 0.286. The number of hydrogen-bond donors (Lipinski definition) is 3. The van der Waals surface area contributed by atoms with Crippen molar-refractivity contribution < 1.29 is 9.90 Å². The molecule has 0 atom stereocenters. The van der Waals surface area contributed by atoms with E-state index in [1.165, 1.54) is 0 Å². The second-order valence-corrected chi connectivity index (χ2v) is 4.49. The number of nitrogens with zero attached hydrogens (tertiary/aromatic N) is 2. The van der Waals surface area contributed by atoms with Gasteiger partial charge < -0.3 is 15.7 Å². The number of rotatable bonds is 5. The lowest BCUT2D eigenvalue weighted by atomic mass is 10.1. The molecule has 0 unspecified atom stereocenters. The van der Waals surface area contributed by atoms with Gasteiger partial charge in [-0.15, -0.1) is 0 Å². The maximum Gasteiger partial charge on any atom is 0.315 e. The molecule has 0 aliphatic heterocycles. The number of aliphatic hydroxyl groups excluding tert-OH is 1. The molecule has 106 valence electrons. The van der Waals surface area contributed by atoms with Crippen molar-refractivity contribution in [3.63, 3.8) is 0 Å². The number of benzene rings is 1. The highest BCUT2D eigenvalue weighted by molar-refractivity contribution is 5.73. The van der Waals surface area contributed by atoms with E-state index in [2.05, 4.69) is 15.7 Å². The molecule has 0 saturated carbocycles. The smallest absolute Gasteiger partial charge is 0.315 e. The summed E-state index contributed by atoms with van der Waals surface area (Å²) in [6.07, 6.45) is 3.56. The summed E-state index contributed by atoms with van der Waals surface area (Å²) in [5.74, 6) is 0. The zero-order valence-electron chi connectivity index (χ0n) is 11.3. The average Bonchev–Trinajstić information content (AvgIpc) is 2.89. The van der Waals surface area contributed by atoms with Crippen LogP contribution in [0, 0.1) is 0 Å². The third kappa shape index (κ3) is 3.83. The first-order valence-corrected chi connectivity index (χ1v) is 6.36. The van der Waals surface area contributed by atoms with Crippen LogP contribution in [0.4, 0.5) is 4.79 Å². The minimum Gasteiger partial charge on any atom is -0.392 e. The van der Waals surface area contributed by atoms with Crippen molar-refractivity contribution in [1.82, 2.24) is 20.4 Å². The molecule has 6 nitrogen and oxygen atoms in total. The number of carbonyl (C=O) groups is 1. The molecule has 0 aliphatic carbocycles. The van der Waals surface area contributed by atoms with Gasteiger partial charge in [-0.1, -0.05) is 24.3 Å². The second-order valence-electron chi connectivity index (χ2n) is 4.49. The van der Waals surface area contributed by atoms with Crippen LogP contribution in [0.3, 0.4) is 0 Å². The third-order valence-electron chi connectivity index (χ3n) is 2.94. The lowest BCUT2D eigenvalue weighted by molar-refractivity contribution is 0.239. The van der Waals surface area contributed by atoms with Gasteiger partial charge in [0, 0.05) is 31.9 Å². The summed E-state index contributed by atoms with van der Waals surface area (Å²) in [6.45, 7) is 0.784. The third-order valence-corrected chi connectivity index (χ3v) is 2.94. The van der Waals surface area contributed by atoms with Crippen LogP contribution in [0.2, 0.25) is 0 Å². The number of urea groups is 1. The van der Waals surface area contributed by atoms with E-state index in [9.17, 15) is 9.90 Å². The van der Waals surface area contributed by atoms with E-state index in [4.69, 9.17) is 0 Å². The molecule has 2 rings (SSSR count). The number of aryl methyl sites for hydroxylation is 1. The zero-order chi connectivity index (χ0) is 14.4. The maximum absolute atomic E-state index is 11.7. The lowest BCUT2D eigenvalue weighted by Crippen LogP contribution is -2.34. The van der Waals surface area contributed by atoms with Crippen molar-refractivity contribution in [2.24, 2.45) is 7.05 Å². The van der Waals surface area contributed by atoms with Gasteiger partial charge in [0.25, 0.3) is 0 Å². The second kappa shape index (κ2) is 6.72. The molecule has 0 radical (unpaired) electrons. The zero-order valence-corrected chi connectivity index (χ0v) is 11.3. The van der Waals surface area contributed by atoms with Crippen LogP contribution < -0.4 is 10.6 Å². The summed E-state index contributed by atoms with van der Waals surface area (Å²) < 4.78 is 1.69. The highest BCUT2D eigenvalue weighted by Gasteiger charge is 2.04. The molecule has 2 aromatic rings. The van der Waals surface area contributed by atoms with Gasteiger partial charge in [0.05, 0.1) is 12.8 Å². The van der Waals surface area contributed by atoms with Crippen molar-refractivity contribution in [2.75, 3.05) is 0 Å². The summed E-state index contributed by atoms with van der Waals surface area (Å²) in [6, 6.07) is 7.21. The predicted octanol–water partition coefficient (Wildman–Crippen LogP) is 0.912. The van der Waals surface area contributed by atoms with E-state index in [1.807, 2.05) is 37.5 Å². The Morgan fingerprint density at radius 1 is 1.25 bits per heavy atom.